The maximum absolute atomic E-state index is 11.1. The Morgan fingerprint density at radius 2 is 2.08 bits per heavy atom. The number of aliphatic imine (C=N–C) groups is 1. The highest BCUT2D eigenvalue weighted by Gasteiger charge is 2.06. The highest BCUT2D eigenvalue weighted by molar-refractivity contribution is 7.09. The van der Waals surface area contributed by atoms with Crippen molar-refractivity contribution in [1.82, 2.24) is 10.6 Å². The average Bonchev–Trinajstić information content (AvgIpc) is 3.07. The number of rotatable bonds is 7. The molecular weight excluding hydrogens is 332 g/mol. The molecule has 0 aliphatic rings. The van der Waals surface area contributed by atoms with E-state index in [9.17, 15) is 4.79 Å². The minimum Gasteiger partial charge on any atom is -0.356 e. The van der Waals surface area contributed by atoms with Crippen molar-refractivity contribution in [1.29, 1.82) is 0 Å². The third-order valence-corrected chi connectivity index (χ3v) is 4.58. The first-order valence-corrected chi connectivity index (χ1v) is 9.28. The van der Waals surface area contributed by atoms with Gasteiger partial charge in [0, 0.05) is 37.6 Å². The third-order valence-electron chi connectivity index (χ3n) is 3.68. The van der Waals surface area contributed by atoms with Crippen LogP contribution in [-0.4, -0.2) is 25.5 Å². The van der Waals surface area contributed by atoms with Crippen molar-refractivity contribution in [3.63, 3.8) is 0 Å². The first kappa shape index (κ1) is 19.0. The predicted octanol–water partition coefficient (Wildman–Crippen LogP) is 3.25. The lowest BCUT2D eigenvalue weighted by Gasteiger charge is -2.16. The van der Waals surface area contributed by atoms with Crippen molar-refractivity contribution >= 4 is 28.9 Å². The number of nitrogens with zero attached hydrogens (tertiary/aromatic N) is 1. The predicted molar refractivity (Wildman–Crippen MR) is 106 cm³/mol. The molecule has 1 heterocycles. The molecule has 3 N–H and O–H groups in total. The standard InChI is InChI=1S/C19H26N4OS/c1-14(10-18-8-5-9-25-18)12-21-19(20-3)22-13-16-6-4-7-17(11-16)23-15(2)24/h4-9,11,14H,10,12-13H2,1-3H3,(H,23,24)(H2,20,21,22). The molecule has 6 heteroatoms. The molecule has 2 rings (SSSR count). The molecule has 1 atom stereocenters. The van der Waals surface area contributed by atoms with Crippen LogP contribution in [0.1, 0.15) is 24.3 Å². The first-order valence-electron chi connectivity index (χ1n) is 8.40. The van der Waals surface area contributed by atoms with Crippen LogP contribution >= 0.6 is 11.3 Å². The molecule has 25 heavy (non-hydrogen) atoms. The number of carbonyl (C=O) groups excluding carboxylic acids is 1. The topological polar surface area (TPSA) is 65.5 Å². The van der Waals surface area contributed by atoms with Crippen molar-refractivity contribution in [3.8, 4) is 0 Å². The number of anilines is 1. The number of nitrogens with one attached hydrogen (secondary N) is 3. The van der Waals surface area contributed by atoms with Crippen LogP contribution < -0.4 is 16.0 Å². The van der Waals surface area contributed by atoms with E-state index in [1.807, 2.05) is 24.3 Å². The number of guanidine groups is 1. The summed E-state index contributed by atoms with van der Waals surface area (Å²) in [7, 11) is 1.77. The zero-order chi connectivity index (χ0) is 18.1. The summed E-state index contributed by atoms with van der Waals surface area (Å²) in [6, 6.07) is 12.1. The smallest absolute Gasteiger partial charge is 0.221 e. The van der Waals surface area contributed by atoms with E-state index in [-0.39, 0.29) is 5.91 Å². The summed E-state index contributed by atoms with van der Waals surface area (Å²) in [5.41, 5.74) is 1.89. The highest BCUT2D eigenvalue weighted by atomic mass is 32.1. The fourth-order valence-corrected chi connectivity index (χ4v) is 3.35. The van der Waals surface area contributed by atoms with Gasteiger partial charge < -0.3 is 16.0 Å². The molecule has 1 aromatic heterocycles. The van der Waals surface area contributed by atoms with Crippen molar-refractivity contribution in [2.24, 2.45) is 10.9 Å². The van der Waals surface area contributed by atoms with E-state index < -0.39 is 0 Å². The Hall–Kier alpha value is -2.34. The molecule has 0 saturated heterocycles. The van der Waals surface area contributed by atoms with E-state index in [2.05, 4.69) is 45.4 Å². The maximum Gasteiger partial charge on any atom is 0.221 e. The second kappa shape index (κ2) is 9.84. The van der Waals surface area contributed by atoms with E-state index in [4.69, 9.17) is 0 Å². The van der Waals surface area contributed by atoms with Crippen LogP contribution in [0.5, 0.6) is 0 Å². The largest absolute Gasteiger partial charge is 0.356 e. The summed E-state index contributed by atoms with van der Waals surface area (Å²) in [6.45, 7) is 5.25. The second-order valence-electron chi connectivity index (χ2n) is 6.08. The van der Waals surface area contributed by atoms with Crippen molar-refractivity contribution in [2.45, 2.75) is 26.8 Å². The summed E-state index contributed by atoms with van der Waals surface area (Å²) < 4.78 is 0. The average molecular weight is 359 g/mol. The Bertz CT molecular complexity index is 697. The Balaban J connectivity index is 1.79. The Morgan fingerprint density at radius 3 is 2.76 bits per heavy atom. The molecule has 0 spiro atoms. The van der Waals surface area contributed by atoms with Crippen LogP contribution in [0.4, 0.5) is 5.69 Å². The second-order valence-corrected chi connectivity index (χ2v) is 7.11. The SMILES string of the molecule is CN=C(NCc1cccc(NC(C)=O)c1)NCC(C)Cc1cccs1. The number of benzene rings is 1. The Morgan fingerprint density at radius 1 is 1.24 bits per heavy atom. The summed E-state index contributed by atoms with van der Waals surface area (Å²) in [5.74, 6) is 1.24. The zero-order valence-electron chi connectivity index (χ0n) is 15.0. The first-order chi connectivity index (χ1) is 12.1. The minimum absolute atomic E-state index is 0.0673. The highest BCUT2D eigenvalue weighted by Crippen LogP contribution is 2.14. The molecule has 1 amide bonds. The van der Waals surface area contributed by atoms with Gasteiger partial charge in [0.2, 0.25) is 5.91 Å². The van der Waals surface area contributed by atoms with Gasteiger partial charge in [0.05, 0.1) is 0 Å². The number of hydrogen-bond acceptors (Lipinski definition) is 3. The van der Waals surface area contributed by atoms with Crippen molar-refractivity contribution < 1.29 is 4.79 Å². The summed E-state index contributed by atoms with van der Waals surface area (Å²) in [6.07, 6.45) is 1.07. The van der Waals surface area contributed by atoms with E-state index in [1.165, 1.54) is 11.8 Å². The summed E-state index contributed by atoms with van der Waals surface area (Å²) in [4.78, 5) is 16.8. The minimum atomic E-state index is -0.0673. The number of thiophene rings is 1. The van der Waals surface area contributed by atoms with Crippen LogP contribution in [-0.2, 0) is 17.8 Å². The van der Waals surface area contributed by atoms with E-state index in [1.54, 1.807) is 18.4 Å². The van der Waals surface area contributed by atoms with Gasteiger partial charge in [-0.05, 0) is 41.5 Å². The van der Waals surface area contributed by atoms with Crippen molar-refractivity contribution in [2.75, 3.05) is 18.9 Å². The van der Waals surface area contributed by atoms with Gasteiger partial charge in [-0.2, -0.15) is 0 Å². The summed E-state index contributed by atoms with van der Waals surface area (Å²) in [5, 5.41) is 11.6. The van der Waals surface area contributed by atoms with E-state index >= 15 is 0 Å². The molecule has 1 unspecified atom stereocenters. The van der Waals surface area contributed by atoms with Crippen molar-refractivity contribution in [3.05, 3.63) is 52.2 Å². The van der Waals surface area contributed by atoms with Gasteiger partial charge in [-0.3, -0.25) is 9.79 Å². The molecule has 0 aliphatic carbocycles. The van der Waals surface area contributed by atoms with Gasteiger partial charge in [-0.25, -0.2) is 0 Å². The molecule has 0 saturated carbocycles. The maximum atomic E-state index is 11.1. The van der Waals surface area contributed by atoms with Gasteiger partial charge in [-0.1, -0.05) is 25.1 Å². The molecular formula is C19H26N4OS. The molecule has 2 aromatic rings. The van der Waals surface area contributed by atoms with Crippen LogP contribution in [0, 0.1) is 5.92 Å². The molecule has 0 fully saturated rings. The monoisotopic (exact) mass is 358 g/mol. The lowest BCUT2D eigenvalue weighted by molar-refractivity contribution is -0.114. The normalized spacial score (nSPS) is 12.5. The zero-order valence-corrected chi connectivity index (χ0v) is 15.8. The van der Waals surface area contributed by atoms with Gasteiger partial charge in [-0.15, -0.1) is 11.3 Å². The Kier molecular flexibility index (Phi) is 7.47. The molecule has 5 nitrogen and oxygen atoms in total. The van der Waals surface area contributed by atoms with Crippen LogP contribution in [0.15, 0.2) is 46.8 Å². The molecule has 134 valence electrons. The van der Waals surface area contributed by atoms with Crippen LogP contribution in [0.3, 0.4) is 0 Å². The van der Waals surface area contributed by atoms with Crippen LogP contribution in [0.2, 0.25) is 0 Å². The number of amides is 1. The lowest BCUT2D eigenvalue weighted by atomic mass is 10.1. The fraction of sp³-hybridized carbons (Fsp3) is 0.368. The molecule has 0 radical (unpaired) electrons. The van der Waals surface area contributed by atoms with Gasteiger partial charge in [0.15, 0.2) is 5.96 Å². The number of hydrogen-bond donors (Lipinski definition) is 3. The lowest BCUT2D eigenvalue weighted by Crippen LogP contribution is -2.39. The van der Waals surface area contributed by atoms with Gasteiger partial charge in [0.1, 0.15) is 0 Å². The third kappa shape index (κ3) is 6.97. The molecule has 0 aliphatic heterocycles. The quantitative estimate of drug-likeness (QED) is 0.526. The summed E-state index contributed by atoms with van der Waals surface area (Å²) >= 11 is 1.80. The molecule has 1 aromatic carbocycles. The Labute approximate surface area is 153 Å². The van der Waals surface area contributed by atoms with Crippen LogP contribution in [0.25, 0.3) is 0 Å². The van der Waals surface area contributed by atoms with Gasteiger partial charge >= 0.3 is 0 Å². The fourth-order valence-electron chi connectivity index (χ4n) is 2.48. The van der Waals surface area contributed by atoms with E-state index in [0.29, 0.717) is 12.5 Å². The molecule has 0 bridgehead atoms. The number of carbonyl (C=O) groups is 1. The van der Waals surface area contributed by atoms with E-state index in [0.717, 1.165) is 30.2 Å². The van der Waals surface area contributed by atoms with Gasteiger partial charge in [0.25, 0.3) is 0 Å².